The van der Waals surface area contributed by atoms with Crippen LogP contribution in [0.5, 0.6) is 0 Å². The molecule has 2 bridgehead atoms. The van der Waals surface area contributed by atoms with Crippen molar-refractivity contribution in [1.29, 1.82) is 0 Å². The van der Waals surface area contributed by atoms with Gasteiger partial charge in [0.05, 0.1) is 12.7 Å². The highest BCUT2D eigenvalue weighted by molar-refractivity contribution is 5.67. The number of alkyl carbamates (subject to hydrolysis) is 1. The van der Waals surface area contributed by atoms with Crippen molar-refractivity contribution in [2.75, 3.05) is 13.2 Å². The van der Waals surface area contributed by atoms with Gasteiger partial charge in [-0.25, -0.2) is 4.79 Å². The van der Waals surface area contributed by atoms with Crippen molar-refractivity contribution in [3.8, 4) is 0 Å². The lowest BCUT2D eigenvalue weighted by Crippen LogP contribution is -2.56. The fraction of sp³-hybridized carbons (Fsp3) is 0.773. The summed E-state index contributed by atoms with van der Waals surface area (Å²) < 4.78 is 12.0. The number of amides is 1. The third-order valence-electron chi connectivity index (χ3n) is 7.07. The van der Waals surface area contributed by atoms with Crippen molar-refractivity contribution >= 4 is 6.09 Å². The third-order valence-corrected chi connectivity index (χ3v) is 7.07. The molecular weight excluding hydrogens is 326 g/mol. The summed E-state index contributed by atoms with van der Waals surface area (Å²) in [6.07, 6.45) is 12.3. The Bertz CT molecular complexity index is 564. The Labute approximate surface area is 158 Å². The molecule has 1 amide bonds. The average molecular weight is 362 g/mol. The van der Waals surface area contributed by atoms with Crippen molar-refractivity contribution in [1.82, 2.24) is 5.32 Å². The molecular formula is C22H35NO3. The average Bonchev–Trinajstić information content (AvgIpc) is 2.61. The lowest BCUT2D eigenvalue weighted by molar-refractivity contribution is -0.149. The summed E-state index contributed by atoms with van der Waals surface area (Å²) in [6.45, 7) is 9.86. The minimum atomic E-state index is -0.260. The number of nitrogens with one attached hydrogen (secondary N) is 1. The van der Waals surface area contributed by atoms with Gasteiger partial charge in [0.15, 0.2) is 0 Å². The number of hydrogen-bond donors (Lipinski definition) is 1. The minimum Gasteiger partial charge on any atom is -0.449 e. The molecule has 1 N–H and O–H groups in total. The summed E-state index contributed by atoms with van der Waals surface area (Å²) in [7, 11) is 0. The largest absolute Gasteiger partial charge is 0.449 e. The highest BCUT2D eigenvalue weighted by atomic mass is 16.6. The Morgan fingerprint density at radius 3 is 2.77 bits per heavy atom. The fourth-order valence-corrected chi connectivity index (χ4v) is 5.32. The molecule has 5 atom stereocenters. The second-order valence-corrected chi connectivity index (χ2v) is 8.60. The Kier molecular flexibility index (Phi) is 6.11. The number of allylic oxidation sites excluding steroid dienone is 2. The van der Waals surface area contributed by atoms with Crippen molar-refractivity contribution in [3.05, 3.63) is 23.8 Å². The predicted octanol–water partition coefficient (Wildman–Crippen LogP) is 4.85. The lowest BCUT2D eigenvalue weighted by Gasteiger charge is -2.54. The maximum Gasteiger partial charge on any atom is 0.407 e. The molecule has 0 radical (unpaired) electrons. The summed E-state index contributed by atoms with van der Waals surface area (Å²) in [4.78, 5) is 12.4. The van der Waals surface area contributed by atoms with Gasteiger partial charge in [0, 0.05) is 17.4 Å². The molecule has 4 heteroatoms. The number of carbonyl (C=O) groups excluding carboxylic acids is 1. The van der Waals surface area contributed by atoms with E-state index >= 15 is 0 Å². The molecule has 0 aromatic rings. The van der Waals surface area contributed by atoms with Crippen LogP contribution in [0.4, 0.5) is 4.79 Å². The van der Waals surface area contributed by atoms with Crippen molar-refractivity contribution in [2.24, 2.45) is 23.2 Å². The van der Waals surface area contributed by atoms with E-state index in [1.165, 1.54) is 24.8 Å². The van der Waals surface area contributed by atoms with E-state index in [1.54, 1.807) is 0 Å². The van der Waals surface area contributed by atoms with Gasteiger partial charge in [-0.05, 0) is 38.5 Å². The van der Waals surface area contributed by atoms with Crippen LogP contribution in [-0.4, -0.2) is 31.5 Å². The maximum absolute atomic E-state index is 12.4. The topological polar surface area (TPSA) is 47.6 Å². The van der Waals surface area contributed by atoms with E-state index in [1.807, 2.05) is 6.92 Å². The number of hydrogen-bond acceptors (Lipinski definition) is 3. The molecule has 2 fully saturated rings. The van der Waals surface area contributed by atoms with E-state index in [2.05, 4.69) is 44.3 Å². The zero-order chi connectivity index (χ0) is 18.7. The van der Waals surface area contributed by atoms with Crippen LogP contribution >= 0.6 is 0 Å². The van der Waals surface area contributed by atoms with Crippen LogP contribution in [0.1, 0.15) is 59.8 Å². The summed E-state index contributed by atoms with van der Waals surface area (Å²) in [5.41, 5.74) is 1.27. The summed E-state index contributed by atoms with van der Waals surface area (Å²) in [5.74, 6) is 1.11. The third kappa shape index (κ3) is 3.71. The van der Waals surface area contributed by atoms with Gasteiger partial charge in [-0.1, -0.05) is 56.9 Å². The van der Waals surface area contributed by atoms with Gasteiger partial charge in [0.25, 0.3) is 0 Å². The minimum absolute atomic E-state index is 0.128. The van der Waals surface area contributed by atoms with E-state index < -0.39 is 0 Å². The lowest BCUT2D eigenvalue weighted by atomic mass is 9.56. The zero-order valence-corrected chi connectivity index (χ0v) is 16.8. The van der Waals surface area contributed by atoms with Gasteiger partial charge in [-0.15, -0.1) is 0 Å². The maximum atomic E-state index is 12.4. The first-order chi connectivity index (χ1) is 12.5. The SMILES string of the molecule is C/C=C/[C@@H]1OC[C@]2(COC(=O)NC3CCCCC3)[C@H](C)[C@@H]1C(C)=C[C@@H]2C. The van der Waals surface area contributed by atoms with Crippen LogP contribution in [0.15, 0.2) is 23.8 Å². The standard InChI is InChI=1S/C22H35NO3/c1-5-9-19-20-15(2)12-16(3)22(13-25-19,17(20)4)14-26-21(24)23-18-10-7-6-8-11-18/h5,9,12,16-20H,6-8,10-11,13-14H2,1-4H3,(H,23,24)/b9-5+/t16-,17+,19-,20-,22+/m0/s1. The molecule has 1 saturated heterocycles. The molecule has 0 unspecified atom stereocenters. The normalized spacial score (nSPS) is 38.1. The molecule has 4 nitrogen and oxygen atoms in total. The Morgan fingerprint density at radius 1 is 1.35 bits per heavy atom. The van der Waals surface area contributed by atoms with Gasteiger partial charge in [-0.3, -0.25) is 0 Å². The molecule has 0 aromatic carbocycles. The molecule has 0 spiro atoms. The predicted molar refractivity (Wildman–Crippen MR) is 104 cm³/mol. The highest BCUT2D eigenvalue weighted by Gasteiger charge is 2.53. The summed E-state index contributed by atoms with van der Waals surface area (Å²) in [5, 5.41) is 3.07. The first-order valence-corrected chi connectivity index (χ1v) is 10.3. The van der Waals surface area contributed by atoms with Crippen LogP contribution in [0, 0.1) is 23.2 Å². The van der Waals surface area contributed by atoms with Gasteiger partial charge in [-0.2, -0.15) is 0 Å². The smallest absolute Gasteiger partial charge is 0.407 e. The van der Waals surface area contributed by atoms with Gasteiger partial charge < -0.3 is 14.8 Å². The highest BCUT2D eigenvalue weighted by Crippen LogP contribution is 2.52. The van der Waals surface area contributed by atoms with Gasteiger partial charge in [0.2, 0.25) is 0 Å². The summed E-state index contributed by atoms with van der Waals surface area (Å²) in [6, 6.07) is 0.284. The molecule has 3 rings (SSSR count). The molecule has 2 aliphatic carbocycles. The van der Waals surface area contributed by atoms with Crippen LogP contribution in [-0.2, 0) is 9.47 Å². The Morgan fingerprint density at radius 2 is 2.08 bits per heavy atom. The zero-order valence-electron chi connectivity index (χ0n) is 16.8. The monoisotopic (exact) mass is 361 g/mol. The molecule has 146 valence electrons. The van der Waals surface area contributed by atoms with E-state index in [9.17, 15) is 4.79 Å². The van der Waals surface area contributed by atoms with Crippen LogP contribution in [0.25, 0.3) is 0 Å². The Hall–Kier alpha value is -1.29. The van der Waals surface area contributed by atoms with Crippen LogP contribution < -0.4 is 5.32 Å². The number of ether oxygens (including phenoxy) is 2. The van der Waals surface area contributed by atoms with E-state index in [0.29, 0.717) is 31.0 Å². The molecule has 1 aliphatic heterocycles. The van der Waals surface area contributed by atoms with Gasteiger partial charge in [0.1, 0.15) is 6.61 Å². The van der Waals surface area contributed by atoms with Crippen molar-refractivity contribution in [3.63, 3.8) is 0 Å². The molecule has 0 aromatic heterocycles. The second-order valence-electron chi connectivity index (χ2n) is 8.60. The first-order valence-electron chi connectivity index (χ1n) is 10.3. The van der Waals surface area contributed by atoms with E-state index in [4.69, 9.17) is 9.47 Å². The summed E-state index contributed by atoms with van der Waals surface area (Å²) >= 11 is 0. The second kappa shape index (κ2) is 8.16. The van der Waals surface area contributed by atoms with Crippen molar-refractivity contribution < 1.29 is 14.3 Å². The first kappa shape index (κ1) is 19.5. The van der Waals surface area contributed by atoms with Crippen LogP contribution in [0.3, 0.4) is 0 Å². The number of rotatable bonds is 4. The van der Waals surface area contributed by atoms with Crippen LogP contribution in [0.2, 0.25) is 0 Å². The molecule has 1 saturated carbocycles. The fourth-order valence-electron chi connectivity index (χ4n) is 5.32. The quantitative estimate of drug-likeness (QED) is 0.728. The molecule has 1 heterocycles. The molecule has 3 aliphatic rings. The number of carbonyl (C=O) groups is 1. The number of fused-ring (bicyclic) bond motifs is 2. The van der Waals surface area contributed by atoms with E-state index in [-0.39, 0.29) is 23.7 Å². The molecule has 26 heavy (non-hydrogen) atoms. The van der Waals surface area contributed by atoms with Crippen molar-refractivity contribution in [2.45, 2.75) is 71.9 Å². The van der Waals surface area contributed by atoms with Gasteiger partial charge >= 0.3 is 6.09 Å². The Balaban J connectivity index is 1.66. The van der Waals surface area contributed by atoms with E-state index in [0.717, 1.165) is 12.8 Å².